The molecular weight excluding hydrogens is 527 g/mol. The van der Waals surface area contributed by atoms with Gasteiger partial charge in [-0.1, -0.05) is 47.5 Å². The van der Waals surface area contributed by atoms with Crippen molar-refractivity contribution in [1.29, 1.82) is 0 Å². The summed E-state index contributed by atoms with van der Waals surface area (Å²) < 4.78 is 76.2. The molecule has 8 nitrogen and oxygen atoms in total. The van der Waals surface area contributed by atoms with Crippen LogP contribution in [0.4, 0.5) is 11.4 Å². The second-order valence-corrected chi connectivity index (χ2v) is 12.3. The van der Waals surface area contributed by atoms with Crippen LogP contribution in [0.15, 0.2) is 63.0 Å². The van der Waals surface area contributed by atoms with Gasteiger partial charge in [0.1, 0.15) is 4.21 Å². The first-order valence-electron chi connectivity index (χ1n) is 8.23. The van der Waals surface area contributed by atoms with Crippen LogP contribution < -0.4 is 9.44 Å². The third kappa shape index (κ3) is 5.77. The SMILES string of the molecule is O=S(O)Cc1ccccc1S(=O)(=O)Nc1cc(Cl)c(Cl)cc1NS(=O)(=O)c1cccs1. The van der Waals surface area contributed by atoms with Crippen LogP contribution in [0.3, 0.4) is 0 Å². The average molecular weight is 541 g/mol. The normalized spacial score (nSPS) is 13.0. The van der Waals surface area contributed by atoms with Crippen molar-refractivity contribution in [2.75, 3.05) is 9.44 Å². The lowest BCUT2D eigenvalue weighted by Crippen LogP contribution is -2.18. The summed E-state index contributed by atoms with van der Waals surface area (Å²) in [7, 11) is -8.29. The molecule has 1 atom stereocenters. The number of nitrogens with one attached hydrogen (secondary N) is 2. The largest absolute Gasteiger partial charge is 0.306 e. The quantitative estimate of drug-likeness (QED) is 0.363. The van der Waals surface area contributed by atoms with Crippen LogP contribution in [0.25, 0.3) is 0 Å². The van der Waals surface area contributed by atoms with Crippen LogP contribution in [0, 0.1) is 0 Å². The van der Waals surface area contributed by atoms with Crippen molar-refractivity contribution in [3.05, 3.63) is 69.5 Å². The first kappa shape index (κ1) is 24.0. The number of sulfonamides is 2. The minimum atomic E-state index is -4.28. The molecule has 1 aromatic heterocycles. The first-order valence-corrected chi connectivity index (χ1v) is 14.1. The molecule has 31 heavy (non-hydrogen) atoms. The zero-order valence-corrected chi connectivity index (χ0v) is 20.1. The zero-order valence-electron chi connectivity index (χ0n) is 15.3. The monoisotopic (exact) mass is 540 g/mol. The van der Waals surface area contributed by atoms with Crippen LogP contribution in [0.1, 0.15) is 5.56 Å². The Morgan fingerprint density at radius 3 is 2.03 bits per heavy atom. The van der Waals surface area contributed by atoms with Crippen molar-refractivity contribution in [3.8, 4) is 0 Å². The highest BCUT2D eigenvalue weighted by Crippen LogP contribution is 2.36. The Hall–Kier alpha value is -1.67. The molecule has 0 fully saturated rings. The highest BCUT2D eigenvalue weighted by atomic mass is 35.5. The van der Waals surface area contributed by atoms with Gasteiger partial charge in [0.2, 0.25) is 0 Å². The summed E-state index contributed by atoms with van der Waals surface area (Å²) in [4.78, 5) is -0.240. The number of anilines is 2. The van der Waals surface area contributed by atoms with Crippen molar-refractivity contribution < 1.29 is 25.6 Å². The molecule has 0 amide bonds. The van der Waals surface area contributed by atoms with Gasteiger partial charge in [-0.25, -0.2) is 21.0 Å². The maximum absolute atomic E-state index is 13.0. The summed E-state index contributed by atoms with van der Waals surface area (Å²) in [6.07, 6.45) is 0. The molecule has 0 radical (unpaired) electrons. The molecule has 0 saturated heterocycles. The van der Waals surface area contributed by atoms with Gasteiger partial charge in [-0.3, -0.25) is 9.44 Å². The van der Waals surface area contributed by atoms with Crippen LogP contribution in [0.5, 0.6) is 0 Å². The van der Waals surface area contributed by atoms with Gasteiger partial charge in [0, 0.05) is 0 Å². The van der Waals surface area contributed by atoms with Gasteiger partial charge in [-0.2, -0.15) is 0 Å². The Labute approximate surface area is 195 Å². The summed E-state index contributed by atoms with van der Waals surface area (Å²) in [6, 6.07) is 10.9. The topological polar surface area (TPSA) is 130 Å². The van der Waals surface area contributed by atoms with E-state index in [1.165, 1.54) is 42.5 Å². The molecule has 3 N–H and O–H groups in total. The van der Waals surface area contributed by atoms with E-state index in [4.69, 9.17) is 27.8 Å². The minimum Gasteiger partial charge on any atom is -0.306 e. The molecule has 2 aromatic carbocycles. The smallest absolute Gasteiger partial charge is 0.271 e. The van der Waals surface area contributed by atoms with Gasteiger partial charge in [-0.05, 0) is 35.2 Å². The van der Waals surface area contributed by atoms with Crippen LogP contribution in [-0.2, 0) is 36.9 Å². The summed E-state index contributed by atoms with van der Waals surface area (Å²) >= 11 is 10.7. The molecule has 0 spiro atoms. The Bertz CT molecular complexity index is 1340. The van der Waals surface area contributed by atoms with E-state index in [0.717, 1.165) is 11.3 Å². The molecule has 1 unspecified atom stereocenters. The lowest BCUT2D eigenvalue weighted by Gasteiger charge is -2.16. The van der Waals surface area contributed by atoms with E-state index >= 15 is 0 Å². The van der Waals surface area contributed by atoms with E-state index in [1.54, 1.807) is 11.4 Å². The molecule has 0 bridgehead atoms. The van der Waals surface area contributed by atoms with E-state index in [-0.39, 0.29) is 36.1 Å². The first-order chi connectivity index (χ1) is 14.5. The van der Waals surface area contributed by atoms with Gasteiger partial charge in [0.25, 0.3) is 20.0 Å². The van der Waals surface area contributed by atoms with Crippen molar-refractivity contribution in [2.24, 2.45) is 0 Å². The summed E-state index contributed by atoms with van der Waals surface area (Å²) in [6.45, 7) is 0. The number of halogens is 2. The third-order valence-electron chi connectivity index (χ3n) is 3.85. The summed E-state index contributed by atoms with van der Waals surface area (Å²) in [5.41, 5.74) is -0.208. The number of benzene rings is 2. The number of hydrogen-bond acceptors (Lipinski definition) is 6. The Morgan fingerprint density at radius 2 is 1.48 bits per heavy atom. The summed E-state index contributed by atoms with van der Waals surface area (Å²) in [5, 5.41) is 1.57. The molecule has 0 aliphatic rings. The van der Waals surface area contributed by atoms with Gasteiger partial charge in [0.15, 0.2) is 11.1 Å². The predicted molar refractivity (Wildman–Crippen MR) is 123 cm³/mol. The van der Waals surface area contributed by atoms with Crippen LogP contribution >= 0.6 is 34.5 Å². The fourth-order valence-electron chi connectivity index (χ4n) is 2.55. The van der Waals surface area contributed by atoms with E-state index < -0.39 is 36.9 Å². The van der Waals surface area contributed by atoms with Gasteiger partial charge < -0.3 is 4.55 Å². The number of rotatable bonds is 8. The van der Waals surface area contributed by atoms with Crippen molar-refractivity contribution >= 4 is 77.0 Å². The lowest BCUT2D eigenvalue weighted by atomic mass is 10.2. The van der Waals surface area contributed by atoms with Crippen molar-refractivity contribution in [1.82, 2.24) is 0 Å². The summed E-state index contributed by atoms with van der Waals surface area (Å²) in [5.74, 6) is -0.406. The maximum Gasteiger partial charge on any atom is 0.271 e. The lowest BCUT2D eigenvalue weighted by molar-refractivity contribution is 0.563. The van der Waals surface area contributed by atoms with E-state index in [2.05, 4.69) is 9.44 Å². The molecule has 3 rings (SSSR count). The fourth-order valence-corrected chi connectivity index (χ4v) is 6.86. The molecular formula is C17H14Cl2N2O6S4. The van der Waals surface area contributed by atoms with E-state index in [1.807, 2.05) is 0 Å². The standard InChI is InChI=1S/C17H14Cl2N2O6S4/c18-12-8-14(15(9-13(12)19)21-31(26,27)17-6-3-7-28-17)20-30(24,25)16-5-2-1-4-11(16)10-29(22)23/h1-9,20-21H,10H2,(H,22,23). The van der Waals surface area contributed by atoms with Gasteiger partial charge in [0.05, 0.1) is 32.1 Å². The van der Waals surface area contributed by atoms with Gasteiger partial charge in [-0.15, -0.1) is 11.3 Å². The minimum absolute atomic E-state index is 0.00423. The average Bonchev–Trinajstić information content (AvgIpc) is 3.21. The Balaban J connectivity index is 2.04. The van der Waals surface area contributed by atoms with Crippen molar-refractivity contribution in [3.63, 3.8) is 0 Å². The third-order valence-corrected chi connectivity index (χ3v) is 9.36. The van der Waals surface area contributed by atoms with E-state index in [0.29, 0.717) is 0 Å². The highest BCUT2D eigenvalue weighted by Gasteiger charge is 2.24. The molecule has 0 aliphatic carbocycles. The Kier molecular flexibility index (Phi) is 7.31. The van der Waals surface area contributed by atoms with Gasteiger partial charge >= 0.3 is 0 Å². The second kappa shape index (κ2) is 9.45. The van der Waals surface area contributed by atoms with Crippen LogP contribution in [0.2, 0.25) is 10.0 Å². The van der Waals surface area contributed by atoms with Crippen molar-refractivity contribution in [2.45, 2.75) is 14.9 Å². The molecule has 3 aromatic rings. The maximum atomic E-state index is 13.0. The fraction of sp³-hybridized carbons (Fsp3) is 0.0588. The molecule has 14 heteroatoms. The number of hydrogen-bond donors (Lipinski definition) is 3. The highest BCUT2D eigenvalue weighted by molar-refractivity contribution is 7.94. The van der Waals surface area contributed by atoms with E-state index in [9.17, 15) is 21.0 Å². The zero-order chi connectivity index (χ0) is 22.8. The molecule has 0 saturated carbocycles. The number of thiophene rings is 1. The molecule has 166 valence electrons. The second-order valence-electron chi connectivity index (χ2n) is 6.03. The molecule has 1 heterocycles. The Morgan fingerprint density at radius 1 is 0.903 bits per heavy atom. The molecule has 0 aliphatic heterocycles. The predicted octanol–water partition coefficient (Wildman–Crippen LogP) is 4.38. The van der Waals surface area contributed by atoms with Crippen LogP contribution in [-0.4, -0.2) is 25.6 Å².